The molecule has 5 aliphatic rings. The molecule has 4 bridgehead atoms. The highest BCUT2D eigenvalue weighted by Gasteiger charge is 2.45. The fourth-order valence-corrected chi connectivity index (χ4v) is 6.95. The third-order valence-corrected chi connectivity index (χ3v) is 8.14. The quantitative estimate of drug-likeness (QED) is 0.732. The van der Waals surface area contributed by atoms with E-state index in [-0.39, 0.29) is 24.1 Å². The van der Waals surface area contributed by atoms with Crippen LogP contribution in [0.15, 0.2) is 30.3 Å². The molecule has 6 rings (SSSR count). The molecule has 3 atom stereocenters. The molecule has 1 aromatic rings. The molecule has 3 heterocycles. The van der Waals surface area contributed by atoms with Gasteiger partial charge in [-0.3, -0.25) is 14.4 Å². The van der Waals surface area contributed by atoms with Gasteiger partial charge in [0.1, 0.15) is 0 Å². The van der Waals surface area contributed by atoms with Crippen molar-refractivity contribution in [3.05, 3.63) is 30.3 Å². The number of hydrogen-bond acceptors (Lipinski definition) is 4. The monoisotopic (exact) mass is 398 g/mol. The first kappa shape index (κ1) is 18.2. The average Bonchev–Trinajstić information content (AvgIpc) is 2.81. The lowest BCUT2D eigenvalue weighted by Crippen LogP contribution is -2.43. The Morgan fingerprint density at radius 2 is 1.64 bits per heavy atom. The summed E-state index contributed by atoms with van der Waals surface area (Å²) in [6.45, 7) is 0.894. The van der Waals surface area contributed by atoms with Gasteiger partial charge in [-0.05, 0) is 62.0 Å². The van der Waals surface area contributed by atoms with Crippen LogP contribution in [0.3, 0.4) is 0 Å². The van der Waals surface area contributed by atoms with Crippen LogP contribution in [0, 0.1) is 17.8 Å². The Morgan fingerprint density at radius 1 is 0.964 bits per heavy atom. The van der Waals surface area contributed by atoms with Crippen molar-refractivity contribution >= 4 is 35.2 Å². The van der Waals surface area contributed by atoms with E-state index >= 15 is 0 Å². The lowest BCUT2D eigenvalue weighted by atomic mass is 9.68. The number of carbonyl (C=O) groups is 3. The zero-order valence-corrected chi connectivity index (χ0v) is 16.8. The Kier molecular flexibility index (Phi) is 4.69. The van der Waals surface area contributed by atoms with E-state index in [0.29, 0.717) is 23.4 Å². The Bertz CT molecular complexity index is 784. The van der Waals surface area contributed by atoms with Crippen LogP contribution >= 0.6 is 11.8 Å². The minimum absolute atomic E-state index is 0.154. The van der Waals surface area contributed by atoms with Crippen LogP contribution in [0.5, 0.6) is 0 Å². The number of thioether (sulfide) groups is 1. The molecule has 2 aliphatic carbocycles. The number of anilines is 1. The predicted molar refractivity (Wildman–Crippen MR) is 109 cm³/mol. The van der Waals surface area contributed by atoms with Crippen LogP contribution in [0.4, 0.5) is 5.69 Å². The minimum Gasteiger partial charge on any atom is -0.339 e. The van der Waals surface area contributed by atoms with E-state index in [4.69, 9.17) is 0 Å². The molecule has 0 spiro atoms. The summed E-state index contributed by atoms with van der Waals surface area (Å²) in [4.78, 5) is 41.5. The van der Waals surface area contributed by atoms with Gasteiger partial charge in [0, 0.05) is 19.0 Å². The summed E-state index contributed by atoms with van der Waals surface area (Å²) in [6.07, 6.45) is 6.43. The van der Waals surface area contributed by atoms with Crippen molar-refractivity contribution in [1.29, 1.82) is 0 Å². The number of nitrogens with zero attached hydrogens (tertiary/aromatic N) is 2. The molecule has 148 valence electrons. The van der Waals surface area contributed by atoms with Crippen molar-refractivity contribution in [3.63, 3.8) is 0 Å². The molecule has 3 unspecified atom stereocenters. The van der Waals surface area contributed by atoms with Gasteiger partial charge in [0.2, 0.25) is 17.7 Å². The molecule has 0 aromatic heterocycles. The number of rotatable bonds is 4. The normalized spacial score (nSPS) is 34.2. The van der Waals surface area contributed by atoms with Crippen LogP contribution in [0.25, 0.3) is 0 Å². The second kappa shape index (κ2) is 7.21. The molecule has 3 saturated heterocycles. The van der Waals surface area contributed by atoms with Crippen molar-refractivity contribution in [2.75, 3.05) is 17.2 Å². The lowest BCUT2D eigenvalue weighted by molar-refractivity contribution is -0.131. The number of benzene rings is 1. The standard InChI is InChI=1S/C22H26N2O3S/c25-20-11-19(22(27)24(20)17-4-2-1-3-5-17)28-13-21(26)23-12-16-7-14-6-15(8-16)10-18(23)9-14/h1-5,14-16,18-19H,6-13H2. The number of para-hydroxylation sites is 1. The van der Waals surface area contributed by atoms with E-state index in [1.807, 2.05) is 18.2 Å². The number of carbonyl (C=O) groups excluding carboxylic acids is 3. The van der Waals surface area contributed by atoms with E-state index in [0.717, 1.165) is 31.2 Å². The molecular formula is C22H26N2O3S. The highest BCUT2D eigenvalue weighted by atomic mass is 32.2. The molecule has 2 saturated carbocycles. The first-order valence-corrected chi connectivity index (χ1v) is 11.5. The molecular weight excluding hydrogens is 372 g/mol. The second-order valence-corrected chi connectivity index (χ2v) is 10.1. The highest BCUT2D eigenvalue weighted by Crippen LogP contribution is 2.47. The van der Waals surface area contributed by atoms with Gasteiger partial charge in [-0.15, -0.1) is 11.8 Å². The summed E-state index contributed by atoms with van der Waals surface area (Å²) in [5, 5.41) is -0.448. The van der Waals surface area contributed by atoms with Crippen LogP contribution in [-0.4, -0.2) is 46.2 Å². The maximum absolute atomic E-state index is 13.0. The maximum Gasteiger partial charge on any atom is 0.247 e. The Labute approximate surface area is 169 Å². The Hall–Kier alpha value is -1.82. The van der Waals surface area contributed by atoms with Crippen LogP contribution in [0.1, 0.15) is 38.5 Å². The third-order valence-electron chi connectivity index (χ3n) is 6.95. The third kappa shape index (κ3) is 3.25. The molecule has 1 aromatic carbocycles. The predicted octanol–water partition coefficient (Wildman–Crippen LogP) is 3.09. The first-order valence-electron chi connectivity index (χ1n) is 10.4. The molecule has 3 amide bonds. The second-order valence-electron chi connectivity index (χ2n) is 8.88. The van der Waals surface area contributed by atoms with Gasteiger partial charge < -0.3 is 4.90 Å². The van der Waals surface area contributed by atoms with E-state index in [2.05, 4.69) is 4.90 Å². The largest absolute Gasteiger partial charge is 0.339 e. The van der Waals surface area contributed by atoms with Crippen LogP contribution in [-0.2, 0) is 14.4 Å². The van der Waals surface area contributed by atoms with Gasteiger partial charge in [0.25, 0.3) is 0 Å². The van der Waals surface area contributed by atoms with Crippen molar-refractivity contribution in [3.8, 4) is 0 Å². The Morgan fingerprint density at radius 3 is 2.36 bits per heavy atom. The molecule has 3 aliphatic heterocycles. The lowest BCUT2D eigenvalue weighted by Gasteiger charge is -2.39. The fourth-order valence-electron chi connectivity index (χ4n) is 5.93. The molecule has 6 heteroatoms. The molecule has 5 fully saturated rings. The molecule has 0 radical (unpaired) electrons. The summed E-state index contributed by atoms with van der Waals surface area (Å²) in [5.41, 5.74) is 0.618. The van der Waals surface area contributed by atoms with E-state index in [1.165, 1.54) is 35.9 Å². The van der Waals surface area contributed by atoms with Gasteiger partial charge >= 0.3 is 0 Å². The average molecular weight is 399 g/mol. The van der Waals surface area contributed by atoms with E-state index in [9.17, 15) is 14.4 Å². The van der Waals surface area contributed by atoms with Gasteiger partial charge in [0.15, 0.2) is 0 Å². The van der Waals surface area contributed by atoms with Gasteiger partial charge in [-0.1, -0.05) is 18.2 Å². The first-order chi connectivity index (χ1) is 13.6. The molecule has 28 heavy (non-hydrogen) atoms. The van der Waals surface area contributed by atoms with Crippen molar-refractivity contribution in [2.45, 2.75) is 49.8 Å². The van der Waals surface area contributed by atoms with Crippen LogP contribution < -0.4 is 4.90 Å². The summed E-state index contributed by atoms with van der Waals surface area (Å²) in [6, 6.07) is 9.45. The minimum atomic E-state index is -0.448. The van der Waals surface area contributed by atoms with Gasteiger partial charge in [-0.2, -0.15) is 0 Å². The van der Waals surface area contributed by atoms with Crippen molar-refractivity contribution in [2.24, 2.45) is 17.8 Å². The smallest absolute Gasteiger partial charge is 0.247 e. The zero-order chi connectivity index (χ0) is 19.3. The topological polar surface area (TPSA) is 57.7 Å². The molecule has 5 nitrogen and oxygen atoms in total. The van der Waals surface area contributed by atoms with Gasteiger partial charge in [-0.25, -0.2) is 4.90 Å². The van der Waals surface area contributed by atoms with Crippen molar-refractivity contribution < 1.29 is 14.4 Å². The number of hydrogen-bond donors (Lipinski definition) is 0. The highest BCUT2D eigenvalue weighted by molar-refractivity contribution is 8.01. The summed E-state index contributed by atoms with van der Waals surface area (Å²) in [5.74, 6) is 2.36. The summed E-state index contributed by atoms with van der Waals surface area (Å²) >= 11 is 1.35. The summed E-state index contributed by atoms with van der Waals surface area (Å²) in [7, 11) is 0. The maximum atomic E-state index is 13.0. The van der Waals surface area contributed by atoms with Gasteiger partial charge in [0.05, 0.1) is 16.7 Å². The fraction of sp³-hybridized carbons (Fsp3) is 0.591. The zero-order valence-electron chi connectivity index (χ0n) is 16.0. The number of fused-ring (bicyclic) bond motifs is 1. The van der Waals surface area contributed by atoms with Crippen LogP contribution in [0.2, 0.25) is 0 Å². The number of amides is 3. The van der Waals surface area contributed by atoms with Crippen molar-refractivity contribution in [1.82, 2.24) is 4.90 Å². The summed E-state index contributed by atoms with van der Waals surface area (Å²) < 4.78 is 0. The molecule has 0 N–H and O–H groups in total. The van der Waals surface area contributed by atoms with E-state index in [1.54, 1.807) is 12.1 Å². The number of imide groups is 1. The SMILES string of the molecule is O=C1CC(SCC(=O)N2CC3CC4CC(C3)CC2C4)C(=O)N1c1ccccc1. The van der Waals surface area contributed by atoms with E-state index < -0.39 is 5.25 Å². The Balaban J connectivity index is 1.22.